The van der Waals surface area contributed by atoms with Crippen molar-refractivity contribution in [1.29, 1.82) is 0 Å². The molecule has 174 valence electrons. The van der Waals surface area contributed by atoms with Crippen molar-refractivity contribution in [2.24, 2.45) is 0 Å². The molecule has 5 heteroatoms. The highest BCUT2D eigenvalue weighted by Gasteiger charge is 2.48. The zero-order valence-corrected chi connectivity index (χ0v) is 19.8. The Morgan fingerprint density at radius 3 is 2.48 bits per heavy atom. The van der Waals surface area contributed by atoms with E-state index < -0.39 is 17.7 Å². The van der Waals surface area contributed by atoms with E-state index in [2.05, 4.69) is 0 Å². The van der Waals surface area contributed by atoms with Crippen LogP contribution in [0.15, 0.2) is 48.0 Å². The molecule has 1 saturated heterocycles. The molecular formula is C28H33NO4. The second-order valence-electron chi connectivity index (χ2n) is 9.24. The number of ether oxygens (including phenoxy) is 1. The molecule has 4 rings (SSSR count). The van der Waals surface area contributed by atoms with E-state index in [4.69, 9.17) is 4.74 Å². The van der Waals surface area contributed by atoms with Crippen LogP contribution in [0.25, 0.3) is 5.76 Å². The van der Waals surface area contributed by atoms with Crippen LogP contribution in [0, 0.1) is 13.8 Å². The zero-order valence-electron chi connectivity index (χ0n) is 19.8. The normalized spacial score (nSPS) is 20.9. The van der Waals surface area contributed by atoms with Gasteiger partial charge in [0.25, 0.3) is 11.7 Å². The molecule has 0 bridgehead atoms. The second-order valence-corrected chi connectivity index (χ2v) is 9.24. The molecule has 2 aliphatic rings. The van der Waals surface area contributed by atoms with Crippen molar-refractivity contribution in [1.82, 2.24) is 4.90 Å². The van der Waals surface area contributed by atoms with Gasteiger partial charge in [-0.1, -0.05) is 56.0 Å². The first-order valence-corrected chi connectivity index (χ1v) is 12.0. The van der Waals surface area contributed by atoms with Gasteiger partial charge in [-0.15, -0.1) is 0 Å². The number of aliphatic hydroxyl groups excluding tert-OH is 1. The Kier molecular flexibility index (Phi) is 6.87. The lowest BCUT2D eigenvalue weighted by Gasteiger charge is -2.35. The first kappa shape index (κ1) is 23.1. The molecule has 1 atom stereocenters. The lowest BCUT2D eigenvalue weighted by atomic mass is 9.90. The molecule has 33 heavy (non-hydrogen) atoms. The molecule has 1 aliphatic carbocycles. The van der Waals surface area contributed by atoms with Crippen LogP contribution in [0.3, 0.4) is 0 Å². The average molecular weight is 448 g/mol. The molecule has 1 aliphatic heterocycles. The highest BCUT2D eigenvalue weighted by Crippen LogP contribution is 2.43. The SMILES string of the molecule is CCCOc1ccc(/C(O)=C2/C(=O)C(=O)N(C3CCCCC3)C2c2cccc(C)c2)cc1C. The first-order chi connectivity index (χ1) is 15.9. The van der Waals surface area contributed by atoms with Crippen molar-refractivity contribution < 1.29 is 19.4 Å². The van der Waals surface area contributed by atoms with Gasteiger partial charge in [0.05, 0.1) is 18.2 Å². The van der Waals surface area contributed by atoms with Gasteiger partial charge in [-0.25, -0.2) is 0 Å². The van der Waals surface area contributed by atoms with Crippen LogP contribution in [0.1, 0.15) is 73.7 Å². The molecule has 0 radical (unpaired) electrons. The minimum absolute atomic E-state index is 0.0116. The summed E-state index contributed by atoms with van der Waals surface area (Å²) in [6.45, 7) is 6.58. The number of hydrogen-bond donors (Lipinski definition) is 1. The number of likely N-dealkylation sites (tertiary alicyclic amines) is 1. The van der Waals surface area contributed by atoms with E-state index in [1.54, 1.807) is 11.0 Å². The number of nitrogens with zero attached hydrogens (tertiary/aromatic N) is 1. The fraction of sp³-hybridized carbons (Fsp3) is 0.429. The number of amides is 1. The van der Waals surface area contributed by atoms with Crippen LogP contribution in [0.2, 0.25) is 0 Å². The maximum Gasteiger partial charge on any atom is 0.295 e. The Morgan fingerprint density at radius 2 is 1.82 bits per heavy atom. The lowest BCUT2D eigenvalue weighted by Crippen LogP contribution is -2.40. The van der Waals surface area contributed by atoms with E-state index in [1.807, 2.05) is 57.2 Å². The summed E-state index contributed by atoms with van der Waals surface area (Å²) in [5.74, 6) is -0.474. The summed E-state index contributed by atoms with van der Waals surface area (Å²) in [6.07, 6.45) is 5.93. The molecule has 1 unspecified atom stereocenters. The smallest absolute Gasteiger partial charge is 0.295 e. The van der Waals surface area contributed by atoms with Gasteiger partial charge in [0.15, 0.2) is 0 Å². The van der Waals surface area contributed by atoms with Crippen molar-refractivity contribution in [3.63, 3.8) is 0 Å². The topological polar surface area (TPSA) is 66.8 Å². The minimum Gasteiger partial charge on any atom is -0.507 e. The largest absolute Gasteiger partial charge is 0.507 e. The van der Waals surface area contributed by atoms with E-state index in [0.717, 1.165) is 61.0 Å². The van der Waals surface area contributed by atoms with Gasteiger partial charge >= 0.3 is 0 Å². The average Bonchev–Trinajstić information content (AvgIpc) is 3.09. The van der Waals surface area contributed by atoms with Gasteiger partial charge in [-0.3, -0.25) is 9.59 Å². The standard InChI is InChI=1S/C28H33NO4/c1-4-15-33-23-14-13-21(17-19(23)3)26(30)24-25(20-10-8-9-18(2)16-20)29(28(32)27(24)31)22-11-6-5-7-12-22/h8-10,13-14,16-17,22,25,30H,4-7,11-12,15H2,1-3H3/b26-24-. The molecule has 5 nitrogen and oxygen atoms in total. The van der Waals surface area contributed by atoms with E-state index in [9.17, 15) is 14.7 Å². The molecule has 2 fully saturated rings. The number of aryl methyl sites for hydroxylation is 2. The van der Waals surface area contributed by atoms with Crippen molar-refractivity contribution in [2.45, 2.75) is 71.4 Å². The minimum atomic E-state index is -0.603. The van der Waals surface area contributed by atoms with Crippen LogP contribution in [-0.4, -0.2) is 34.3 Å². The number of ketones is 1. The Morgan fingerprint density at radius 1 is 1.06 bits per heavy atom. The molecule has 1 saturated carbocycles. The number of hydrogen-bond acceptors (Lipinski definition) is 4. The molecule has 0 aromatic heterocycles. The van der Waals surface area contributed by atoms with Crippen molar-refractivity contribution in [3.8, 4) is 5.75 Å². The zero-order chi connectivity index (χ0) is 23.5. The van der Waals surface area contributed by atoms with Crippen LogP contribution < -0.4 is 4.74 Å². The third kappa shape index (κ3) is 4.54. The van der Waals surface area contributed by atoms with Crippen molar-refractivity contribution >= 4 is 17.4 Å². The quantitative estimate of drug-likeness (QED) is 0.343. The molecule has 1 amide bonds. The lowest BCUT2D eigenvalue weighted by molar-refractivity contribution is -0.141. The van der Waals surface area contributed by atoms with E-state index in [1.165, 1.54) is 0 Å². The van der Waals surface area contributed by atoms with E-state index >= 15 is 0 Å². The Hall–Kier alpha value is -3.08. The van der Waals surface area contributed by atoms with Gasteiger partial charge in [0.2, 0.25) is 0 Å². The number of Topliss-reactive ketones (excluding diaryl/α,β-unsaturated/α-hetero) is 1. The molecule has 2 aromatic rings. The number of carbonyl (C=O) groups is 2. The summed E-state index contributed by atoms with van der Waals surface area (Å²) in [5, 5.41) is 11.4. The summed E-state index contributed by atoms with van der Waals surface area (Å²) in [5.41, 5.74) is 3.49. The summed E-state index contributed by atoms with van der Waals surface area (Å²) < 4.78 is 5.76. The third-order valence-corrected chi connectivity index (χ3v) is 6.72. The number of aliphatic hydroxyl groups is 1. The van der Waals surface area contributed by atoms with Crippen molar-refractivity contribution in [2.75, 3.05) is 6.61 Å². The first-order valence-electron chi connectivity index (χ1n) is 12.0. The third-order valence-electron chi connectivity index (χ3n) is 6.72. The fourth-order valence-electron chi connectivity index (χ4n) is 5.08. The summed E-state index contributed by atoms with van der Waals surface area (Å²) in [6, 6.07) is 12.7. The van der Waals surface area contributed by atoms with Crippen molar-refractivity contribution in [3.05, 3.63) is 70.3 Å². The molecule has 1 N–H and O–H groups in total. The summed E-state index contributed by atoms with van der Waals surface area (Å²) >= 11 is 0. The molecule has 0 spiro atoms. The highest BCUT2D eigenvalue weighted by atomic mass is 16.5. The number of carbonyl (C=O) groups excluding carboxylic acids is 2. The molecular weight excluding hydrogens is 414 g/mol. The summed E-state index contributed by atoms with van der Waals surface area (Å²) in [4.78, 5) is 28.3. The number of benzene rings is 2. The monoisotopic (exact) mass is 447 g/mol. The maximum atomic E-state index is 13.3. The second kappa shape index (κ2) is 9.82. The van der Waals surface area contributed by atoms with Gasteiger partial charge in [0, 0.05) is 11.6 Å². The van der Waals surface area contributed by atoms with Gasteiger partial charge in [-0.05, 0) is 62.4 Å². The molecule has 1 heterocycles. The van der Waals surface area contributed by atoms with Gasteiger partial charge < -0.3 is 14.7 Å². The fourth-order valence-corrected chi connectivity index (χ4v) is 5.08. The highest BCUT2D eigenvalue weighted by molar-refractivity contribution is 6.46. The Labute approximate surface area is 196 Å². The van der Waals surface area contributed by atoms with Gasteiger partial charge in [-0.2, -0.15) is 0 Å². The van der Waals surface area contributed by atoms with Crippen LogP contribution in [0.5, 0.6) is 5.75 Å². The Balaban J connectivity index is 1.82. The van der Waals surface area contributed by atoms with Gasteiger partial charge in [0.1, 0.15) is 11.5 Å². The van der Waals surface area contributed by atoms with E-state index in [-0.39, 0.29) is 17.4 Å². The number of rotatable bonds is 6. The summed E-state index contributed by atoms with van der Waals surface area (Å²) in [7, 11) is 0. The Bertz CT molecular complexity index is 1080. The predicted octanol–water partition coefficient (Wildman–Crippen LogP) is 5.85. The molecule has 2 aromatic carbocycles. The van der Waals surface area contributed by atoms with Crippen LogP contribution in [-0.2, 0) is 9.59 Å². The van der Waals surface area contributed by atoms with E-state index in [0.29, 0.717) is 12.2 Å². The van der Waals surface area contributed by atoms with Crippen LogP contribution in [0.4, 0.5) is 0 Å². The maximum absolute atomic E-state index is 13.3. The predicted molar refractivity (Wildman–Crippen MR) is 129 cm³/mol. The van der Waals surface area contributed by atoms with Crippen LogP contribution >= 0.6 is 0 Å².